The summed E-state index contributed by atoms with van der Waals surface area (Å²) >= 11 is 0.814. The Morgan fingerprint density at radius 2 is 1.46 bits per heavy atom. The van der Waals surface area contributed by atoms with Gasteiger partial charge in [-0.2, -0.15) is 26.3 Å². The summed E-state index contributed by atoms with van der Waals surface area (Å²) in [6.45, 7) is 0. The Morgan fingerprint density at radius 3 is 2.00 bits per heavy atom. The van der Waals surface area contributed by atoms with Gasteiger partial charge >= 0.3 is 12.4 Å². The SMILES string of the molecule is Cn1cc(Sc2cnc(-c3ccncc3)nc2-c2cc(C(F)(F)F)cc(C(F)(F)F)c2)c(S(C)(=O)=O)c1. The van der Waals surface area contributed by atoms with Crippen molar-refractivity contribution >= 4 is 21.6 Å². The number of alkyl halides is 6. The fourth-order valence-corrected chi connectivity index (χ4v) is 5.72. The van der Waals surface area contributed by atoms with Gasteiger partial charge in [0.2, 0.25) is 0 Å². The predicted octanol–water partition coefficient (Wildman–Crippen LogP) is 6.14. The topological polar surface area (TPSA) is 77.7 Å². The lowest BCUT2D eigenvalue weighted by Gasteiger charge is -2.16. The summed E-state index contributed by atoms with van der Waals surface area (Å²) in [5.41, 5.74) is -3.28. The van der Waals surface area contributed by atoms with Crippen LogP contribution in [0.2, 0.25) is 0 Å². The van der Waals surface area contributed by atoms with Crippen molar-refractivity contribution in [3.8, 4) is 22.6 Å². The molecule has 0 N–H and O–H groups in total. The van der Waals surface area contributed by atoms with Gasteiger partial charge < -0.3 is 4.57 Å². The smallest absolute Gasteiger partial charge is 0.355 e. The molecule has 0 spiro atoms. The van der Waals surface area contributed by atoms with Crippen LogP contribution in [0.25, 0.3) is 22.6 Å². The summed E-state index contributed by atoms with van der Waals surface area (Å²) in [4.78, 5) is 12.6. The Bertz CT molecular complexity index is 1530. The van der Waals surface area contributed by atoms with Gasteiger partial charge in [-0.3, -0.25) is 4.98 Å². The standard InChI is InChI=1S/C23H16F6N4O2S2/c1-33-11-18(19(12-33)37(2,34)35)36-17-10-31-21(13-3-5-30-6-4-13)32-20(17)14-7-15(22(24,25)26)9-16(8-14)23(27,28)29/h3-12H,1-2H3. The van der Waals surface area contributed by atoms with E-state index in [-0.39, 0.29) is 32.3 Å². The maximum Gasteiger partial charge on any atom is 0.416 e. The van der Waals surface area contributed by atoms with Gasteiger partial charge in [0.1, 0.15) is 0 Å². The summed E-state index contributed by atoms with van der Waals surface area (Å²) in [5, 5.41) is 0. The van der Waals surface area contributed by atoms with E-state index in [1.54, 1.807) is 7.05 Å². The van der Waals surface area contributed by atoms with E-state index in [1.807, 2.05) is 0 Å². The molecule has 3 heterocycles. The summed E-state index contributed by atoms with van der Waals surface area (Å²) in [5.74, 6) is 0.0316. The zero-order valence-corrected chi connectivity index (χ0v) is 20.6. The molecule has 0 radical (unpaired) electrons. The van der Waals surface area contributed by atoms with Gasteiger partial charge in [0.05, 0.1) is 26.6 Å². The second-order valence-electron chi connectivity index (χ2n) is 7.96. The minimum absolute atomic E-state index is 0.0280. The molecule has 0 unspecified atom stereocenters. The van der Waals surface area contributed by atoms with Crippen molar-refractivity contribution in [1.29, 1.82) is 0 Å². The van der Waals surface area contributed by atoms with Crippen molar-refractivity contribution in [2.75, 3.05) is 6.26 Å². The molecule has 0 fully saturated rings. The van der Waals surface area contributed by atoms with Crippen molar-refractivity contribution < 1.29 is 34.8 Å². The van der Waals surface area contributed by atoms with Gasteiger partial charge in [-0.25, -0.2) is 18.4 Å². The number of benzene rings is 1. The van der Waals surface area contributed by atoms with Crippen LogP contribution in [0.5, 0.6) is 0 Å². The third-order valence-electron chi connectivity index (χ3n) is 5.06. The Labute approximate surface area is 211 Å². The van der Waals surface area contributed by atoms with Crippen LogP contribution in [0.3, 0.4) is 0 Å². The quantitative estimate of drug-likeness (QED) is 0.274. The normalized spacial score (nSPS) is 12.6. The first-order chi connectivity index (χ1) is 17.1. The van der Waals surface area contributed by atoms with Crippen LogP contribution in [0.4, 0.5) is 26.3 Å². The molecule has 3 aromatic heterocycles. The molecule has 14 heteroatoms. The van der Waals surface area contributed by atoms with Gasteiger partial charge in [-0.1, -0.05) is 11.8 Å². The molecular formula is C23H16F6N4O2S2. The highest BCUT2D eigenvalue weighted by atomic mass is 32.2. The Morgan fingerprint density at radius 1 is 0.865 bits per heavy atom. The number of hydrogen-bond acceptors (Lipinski definition) is 6. The first-order valence-electron chi connectivity index (χ1n) is 10.2. The number of aryl methyl sites for hydroxylation is 1. The van der Waals surface area contributed by atoms with Crippen molar-refractivity contribution in [1.82, 2.24) is 19.5 Å². The van der Waals surface area contributed by atoms with E-state index in [0.29, 0.717) is 17.7 Å². The largest absolute Gasteiger partial charge is 0.416 e. The molecule has 0 saturated carbocycles. The third kappa shape index (κ3) is 5.96. The fourth-order valence-electron chi connectivity index (χ4n) is 3.39. The van der Waals surface area contributed by atoms with Crippen molar-refractivity contribution in [2.24, 2.45) is 7.05 Å². The Balaban J connectivity index is 1.97. The molecule has 1 aromatic carbocycles. The van der Waals surface area contributed by atoms with E-state index >= 15 is 0 Å². The second-order valence-corrected chi connectivity index (χ2v) is 11.0. The van der Waals surface area contributed by atoms with E-state index in [9.17, 15) is 34.8 Å². The van der Waals surface area contributed by atoms with Crippen LogP contribution in [-0.2, 0) is 29.2 Å². The second kappa shape index (κ2) is 9.49. The molecule has 0 aliphatic carbocycles. The number of pyridine rings is 1. The summed E-state index contributed by atoms with van der Waals surface area (Å²) in [6.07, 6.45) is -2.25. The summed E-state index contributed by atoms with van der Waals surface area (Å²) in [7, 11) is -2.13. The van der Waals surface area contributed by atoms with E-state index in [2.05, 4.69) is 15.0 Å². The Hall–Kier alpha value is -3.39. The molecule has 0 atom stereocenters. The first-order valence-corrected chi connectivity index (χ1v) is 12.9. The monoisotopic (exact) mass is 558 g/mol. The first kappa shape index (κ1) is 26.7. The lowest BCUT2D eigenvalue weighted by molar-refractivity contribution is -0.143. The van der Waals surface area contributed by atoms with E-state index in [4.69, 9.17) is 0 Å². The van der Waals surface area contributed by atoms with Crippen LogP contribution < -0.4 is 0 Å². The predicted molar refractivity (Wildman–Crippen MR) is 123 cm³/mol. The Kier molecular flexibility index (Phi) is 6.84. The number of nitrogens with zero attached hydrogens (tertiary/aromatic N) is 4. The average Bonchev–Trinajstić information content (AvgIpc) is 3.19. The molecule has 0 bridgehead atoms. The van der Waals surface area contributed by atoms with Crippen LogP contribution >= 0.6 is 11.8 Å². The number of rotatable bonds is 5. The maximum atomic E-state index is 13.5. The van der Waals surface area contributed by atoms with Crippen molar-refractivity contribution in [2.45, 2.75) is 27.0 Å². The molecule has 194 valence electrons. The van der Waals surface area contributed by atoms with Crippen LogP contribution in [0.15, 0.2) is 76.0 Å². The molecule has 0 saturated heterocycles. The molecular weight excluding hydrogens is 542 g/mol. The highest BCUT2D eigenvalue weighted by molar-refractivity contribution is 8.00. The number of hydrogen-bond donors (Lipinski definition) is 0. The minimum atomic E-state index is -5.06. The van der Waals surface area contributed by atoms with Gasteiger partial charge in [0.15, 0.2) is 15.7 Å². The number of aromatic nitrogens is 4. The molecule has 0 aliphatic rings. The highest BCUT2D eigenvalue weighted by Crippen LogP contribution is 2.42. The lowest BCUT2D eigenvalue weighted by Crippen LogP contribution is -2.11. The molecule has 0 aliphatic heterocycles. The van der Waals surface area contributed by atoms with Gasteiger partial charge in [0, 0.05) is 60.3 Å². The highest BCUT2D eigenvalue weighted by Gasteiger charge is 2.37. The molecule has 0 amide bonds. The summed E-state index contributed by atoms with van der Waals surface area (Å²) in [6, 6.07) is 4.22. The van der Waals surface area contributed by atoms with Crippen LogP contribution in [-0.4, -0.2) is 34.2 Å². The van der Waals surface area contributed by atoms with Crippen molar-refractivity contribution in [3.05, 3.63) is 72.4 Å². The van der Waals surface area contributed by atoms with E-state index < -0.39 is 38.9 Å². The minimum Gasteiger partial charge on any atom is -0.355 e. The molecule has 4 rings (SSSR count). The number of sulfone groups is 1. The van der Waals surface area contributed by atoms with Gasteiger partial charge in [-0.05, 0) is 30.3 Å². The molecule has 4 aromatic rings. The van der Waals surface area contributed by atoms with Gasteiger partial charge in [0.25, 0.3) is 0 Å². The van der Waals surface area contributed by atoms with Crippen LogP contribution in [0, 0.1) is 0 Å². The molecule has 6 nitrogen and oxygen atoms in total. The van der Waals surface area contributed by atoms with Crippen LogP contribution in [0.1, 0.15) is 11.1 Å². The van der Waals surface area contributed by atoms with Gasteiger partial charge in [-0.15, -0.1) is 0 Å². The number of halogens is 6. The summed E-state index contributed by atoms with van der Waals surface area (Å²) < 4.78 is 107. The van der Waals surface area contributed by atoms with E-state index in [1.165, 1.54) is 47.7 Å². The third-order valence-corrected chi connectivity index (χ3v) is 7.38. The van der Waals surface area contributed by atoms with E-state index in [0.717, 1.165) is 18.0 Å². The average molecular weight is 559 g/mol. The fraction of sp³-hybridized carbons (Fsp3) is 0.174. The zero-order valence-electron chi connectivity index (χ0n) is 19.0. The lowest BCUT2D eigenvalue weighted by atomic mass is 10.0. The zero-order chi connectivity index (χ0) is 27.2. The van der Waals surface area contributed by atoms with Crippen molar-refractivity contribution in [3.63, 3.8) is 0 Å². The molecule has 37 heavy (non-hydrogen) atoms. The maximum absolute atomic E-state index is 13.5.